The minimum absolute atomic E-state index is 0.391. The number of rotatable bonds is 4. The van der Waals surface area contributed by atoms with Crippen molar-refractivity contribution in [3.63, 3.8) is 0 Å². The fourth-order valence-corrected chi connectivity index (χ4v) is 3.28. The minimum atomic E-state index is 0.391. The predicted molar refractivity (Wildman–Crippen MR) is 100 cm³/mol. The van der Waals surface area contributed by atoms with Crippen molar-refractivity contribution in [3.05, 3.63) is 52.6 Å². The molecule has 1 heterocycles. The van der Waals surface area contributed by atoms with E-state index in [1.807, 2.05) is 0 Å². The number of aryl methyl sites for hydroxylation is 2. The van der Waals surface area contributed by atoms with Crippen LogP contribution < -0.4 is 4.90 Å². The molecule has 2 heteroatoms. The summed E-state index contributed by atoms with van der Waals surface area (Å²) in [5.41, 5.74) is 6.03. The first-order valence-electron chi connectivity index (χ1n) is 8.22. The van der Waals surface area contributed by atoms with Gasteiger partial charge in [-0.25, -0.2) is 4.90 Å². The molecule has 1 aromatic rings. The molecule has 1 aromatic carbocycles. The average molecular weight is 307 g/mol. The van der Waals surface area contributed by atoms with Crippen LogP contribution in [0.2, 0.25) is 0 Å². The van der Waals surface area contributed by atoms with Crippen LogP contribution in [0.5, 0.6) is 0 Å². The first-order chi connectivity index (χ1) is 11.0. The highest BCUT2D eigenvalue weighted by Crippen LogP contribution is 2.26. The summed E-state index contributed by atoms with van der Waals surface area (Å²) in [7, 11) is 0. The maximum atomic E-state index is 5.53. The molecular weight excluding hydrogens is 280 g/mol. The van der Waals surface area contributed by atoms with E-state index in [0.717, 1.165) is 18.7 Å². The van der Waals surface area contributed by atoms with Gasteiger partial charge in [0.1, 0.15) is 24.8 Å². The van der Waals surface area contributed by atoms with Crippen LogP contribution in [0.15, 0.2) is 35.9 Å². The van der Waals surface area contributed by atoms with Crippen molar-refractivity contribution in [2.75, 3.05) is 18.0 Å². The molecule has 0 aromatic heterocycles. The fourth-order valence-electron chi connectivity index (χ4n) is 3.28. The number of nitrogens with zero attached hydrogens (tertiary/aromatic N) is 2. The molecule has 2 rings (SSSR count). The third kappa shape index (κ3) is 3.93. The zero-order valence-corrected chi connectivity index (χ0v) is 14.9. The molecule has 1 atom stereocenters. The van der Waals surface area contributed by atoms with Crippen molar-refractivity contribution < 1.29 is 4.58 Å². The molecule has 1 unspecified atom stereocenters. The Kier molecular flexibility index (Phi) is 5.45. The second-order valence-electron chi connectivity index (χ2n) is 6.30. The highest BCUT2D eigenvalue weighted by Gasteiger charge is 2.26. The van der Waals surface area contributed by atoms with E-state index in [4.69, 9.17) is 6.42 Å². The molecule has 0 fully saturated rings. The van der Waals surface area contributed by atoms with E-state index in [9.17, 15) is 0 Å². The molecule has 0 saturated heterocycles. The highest BCUT2D eigenvalue weighted by atomic mass is 15.3. The zero-order valence-electron chi connectivity index (χ0n) is 14.9. The maximum absolute atomic E-state index is 5.53. The number of allylic oxidation sites excluding steroid dienone is 3. The summed E-state index contributed by atoms with van der Waals surface area (Å²) >= 11 is 0. The molecule has 0 amide bonds. The average Bonchev–Trinajstić information content (AvgIpc) is 2.96. The van der Waals surface area contributed by atoms with Crippen LogP contribution >= 0.6 is 0 Å². The Labute approximate surface area is 140 Å². The highest BCUT2D eigenvalue weighted by molar-refractivity contribution is 5.81. The summed E-state index contributed by atoms with van der Waals surface area (Å²) in [4.78, 5) is 2.35. The molecule has 0 aliphatic carbocycles. The van der Waals surface area contributed by atoms with Gasteiger partial charge in [0, 0.05) is 5.56 Å². The van der Waals surface area contributed by atoms with Crippen molar-refractivity contribution in [1.29, 1.82) is 0 Å². The van der Waals surface area contributed by atoms with Gasteiger partial charge in [0.25, 0.3) is 0 Å². The summed E-state index contributed by atoms with van der Waals surface area (Å²) in [5, 5.41) is 0. The summed E-state index contributed by atoms with van der Waals surface area (Å²) in [5.74, 6) is 2.73. The van der Waals surface area contributed by atoms with Crippen molar-refractivity contribution in [2.45, 2.75) is 40.7 Å². The summed E-state index contributed by atoms with van der Waals surface area (Å²) in [6.45, 7) is 12.8. The van der Waals surface area contributed by atoms with Crippen molar-refractivity contribution in [1.82, 2.24) is 0 Å². The van der Waals surface area contributed by atoms with E-state index in [1.54, 1.807) is 0 Å². The second kappa shape index (κ2) is 7.33. The van der Waals surface area contributed by atoms with Gasteiger partial charge in [0.2, 0.25) is 6.34 Å². The standard InChI is InChI=1S/C21H27N2/c1-7-9-16(3)12-19(6)22-10-11-23(15-22)21-17(4)13-20(8-2)14-18(21)5/h2,7,9,12-15,19H,10-11H2,1,3-6H3/q+1/b9-7+,16-12-. The Balaban J connectivity index is 2.27. The first-order valence-corrected chi connectivity index (χ1v) is 8.22. The lowest BCUT2D eigenvalue weighted by Gasteiger charge is -2.13. The Morgan fingerprint density at radius 3 is 2.57 bits per heavy atom. The van der Waals surface area contributed by atoms with Gasteiger partial charge < -0.3 is 0 Å². The normalized spacial score (nSPS) is 16.6. The van der Waals surface area contributed by atoms with Crippen LogP contribution in [0.25, 0.3) is 0 Å². The Bertz CT molecular complexity index is 691. The van der Waals surface area contributed by atoms with E-state index < -0.39 is 0 Å². The summed E-state index contributed by atoms with van der Waals surface area (Å²) < 4.78 is 2.39. The van der Waals surface area contributed by atoms with E-state index in [1.165, 1.54) is 22.4 Å². The monoisotopic (exact) mass is 307 g/mol. The number of anilines is 1. The number of terminal acetylenes is 1. The third-order valence-corrected chi connectivity index (χ3v) is 4.29. The molecular formula is C21H27N2+. The largest absolute Gasteiger partial charge is 0.258 e. The molecule has 0 spiro atoms. The Morgan fingerprint density at radius 1 is 1.35 bits per heavy atom. The van der Waals surface area contributed by atoms with E-state index in [-0.39, 0.29) is 0 Å². The van der Waals surface area contributed by atoms with Crippen molar-refractivity contribution in [2.24, 2.45) is 0 Å². The van der Waals surface area contributed by atoms with Gasteiger partial charge in [-0.1, -0.05) is 23.6 Å². The van der Waals surface area contributed by atoms with Crippen LogP contribution in [-0.2, 0) is 0 Å². The molecule has 120 valence electrons. The van der Waals surface area contributed by atoms with Gasteiger partial charge in [-0.05, 0) is 64.0 Å². The maximum Gasteiger partial charge on any atom is 0.240 e. The fraction of sp³-hybridized carbons (Fsp3) is 0.381. The summed E-state index contributed by atoms with van der Waals surface area (Å²) in [6, 6.07) is 4.58. The van der Waals surface area contributed by atoms with Crippen LogP contribution in [0.1, 0.15) is 37.5 Å². The van der Waals surface area contributed by atoms with Crippen LogP contribution in [0.3, 0.4) is 0 Å². The smallest absolute Gasteiger partial charge is 0.240 e. The van der Waals surface area contributed by atoms with E-state index >= 15 is 0 Å². The van der Waals surface area contributed by atoms with Gasteiger partial charge in [-0.2, -0.15) is 0 Å². The molecule has 0 bridgehead atoms. The number of hydrogen-bond donors (Lipinski definition) is 0. The molecule has 1 aliphatic heterocycles. The quantitative estimate of drug-likeness (QED) is 0.462. The van der Waals surface area contributed by atoms with Crippen molar-refractivity contribution in [3.8, 4) is 12.3 Å². The number of benzene rings is 1. The van der Waals surface area contributed by atoms with Gasteiger partial charge in [-0.3, -0.25) is 4.58 Å². The first kappa shape index (κ1) is 17.1. The SMILES string of the molecule is C#Cc1cc(C)c(N2C=[N+](C(C)/C=C(C)\C=C\C)CC2)c(C)c1. The molecule has 2 nitrogen and oxygen atoms in total. The van der Waals surface area contributed by atoms with Crippen LogP contribution in [0, 0.1) is 26.2 Å². The lowest BCUT2D eigenvalue weighted by Crippen LogP contribution is -2.21. The third-order valence-electron chi connectivity index (χ3n) is 4.29. The topological polar surface area (TPSA) is 6.25 Å². The van der Waals surface area contributed by atoms with Crippen LogP contribution in [0.4, 0.5) is 5.69 Å². The van der Waals surface area contributed by atoms with E-state index in [0.29, 0.717) is 6.04 Å². The zero-order chi connectivity index (χ0) is 17.0. The molecule has 0 N–H and O–H groups in total. The molecule has 0 saturated carbocycles. The van der Waals surface area contributed by atoms with E-state index in [2.05, 4.69) is 86.7 Å². The summed E-state index contributed by atoms with van der Waals surface area (Å²) in [6.07, 6.45) is 14.3. The number of hydrogen-bond acceptors (Lipinski definition) is 1. The Hall–Kier alpha value is -2.27. The van der Waals surface area contributed by atoms with Gasteiger partial charge >= 0.3 is 0 Å². The molecule has 23 heavy (non-hydrogen) atoms. The Morgan fingerprint density at radius 2 is 2.00 bits per heavy atom. The predicted octanol–water partition coefficient (Wildman–Crippen LogP) is 4.06. The van der Waals surface area contributed by atoms with Crippen LogP contribution in [-0.4, -0.2) is 30.0 Å². The lowest BCUT2D eigenvalue weighted by atomic mass is 10.0. The lowest BCUT2D eigenvalue weighted by molar-refractivity contribution is -0.537. The van der Waals surface area contributed by atoms with Crippen molar-refractivity contribution >= 4 is 12.0 Å². The molecule has 1 aliphatic rings. The van der Waals surface area contributed by atoms with Gasteiger partial charge in [0.05, 0.1) is 0 Å². The second-order valence-corrected chi connectivity index (χ2v) is 6.30. The molecule has 0 radical (unpaired) electrons. The minimum Gasteiger partial charge on any atom is -0.258 e. The van der Waals surface area contributed by atoms with Gasteiger partial charge in [0.15, 0.2) is 0 Å². The van der Waals surface area contributed by atoms with Gasteiger partial charge in [-0.15, -0.1) is 6.42 Å².